The molecule has 0 aromatic carbocycles. The van der Waals surface area contributed by atoms with E-state index >= 15 is 0 Å². The molecule has 10 heterocycles. The lowest BCUT2D eigenvalue weighted by molar-refractivity contribution is -0.946. The van der Waals surface area contributed by atoms with Crippen molar-refractivity contribution < 1.29 is 86.6 Å². The van der Waals surface area contributed by atoms with Gasteiger partial charge in [0.15, 0.2) is 12.2 Å². The van der Waals surface area contributed by atoms with Crippen LogP contribution in [0.5, 0.6) is 0 Å². The Labute approximate surface area is 398 Å². The largest absolute Gasteiger partial charge is 1.00 e. The molecule has 2 N–H and O–H groups in total. The number of halogens is 2. The standard InChI is InChI=1S/2C22H30NO5S2.BrH.ClH/c2*1-26-12-13-27-11-10-23-8-6-17(7-9-23)18(16-23)28-21(24)22(25,19-4-2-14-29-19)20-5-3-15-30-20;;/h2*2-5,14-15,17-18,25H,6-13,16H2,1H3;2*1H/q2*+1;;/p-2/t2*17?,18-,23?;;/m00../s1. The topological polar surface area (TPSA) is 130 Å². The average molecular weight is 1020 g/mol. The van der Waals surface area contributed by atoms with Crippen molar-refractivity contribution in [2.45, 2.75) is 49.1 Å². The summed E-state index contributed by atoms with van der Waals surface area (Å²) in [6, 6.07) is 14.6. The molecular weight excluding hydrogens is 960 g/mol. The van der Waals surface area contributed by atoms with Crippen molar-refractivity contribution in [2.75, 3.05) is 106 Å². The summed E-state index contributed by atoms with van der Waals surface area (Å²) in [6.07, 6.45) is 3.87. The lowest BCUT2D eigenvalue weighted by Crippen LogP contribution is -3.00. The third-order valence-corrected chi connectivity index (χ3v) is 16.9. The first-order valence-electron chi connectivity index (χ1n) is 21.0. The fourth-order valence-electron chi connectivity index (χ4n) is 9.37. The zero-order valence-electron chi connectivity index (χ0n) is 35.4. The number of carbonyl (C=O) groups excluding carboxylic acids is 2. The fourth-order valence-corrected chi connectivity index (χ4v) is 12.8. The number of hydrogen-bond donors (Lipinski definition) is 2. The Kier molecular flexibility index (Phi) is 19.5. The van der Waals surface area contributed by atoms with Crippen LogP contribution in [0.4, 0.5) is 0 Å². The molecule has 10 rings (SSSR count). The number of ether oxygens (including phenoxy) is 6. The molecule has 6 fully saturated rings. The molecule has 344 valence electrons. The van der Waals surface area contributed by atoms with Gasteiger partial charge < -0.3 is 77.0 Å². The molecule has 4 bridgehead atoms. The number of aliphatic hydroxyl groups is 2. The van der Waals surface area contributed by atoms with E-state index in [-0.39, 0.29) is 41.6 Å². The Morgan fingerprint density at radius 1 is 0.581 bits per heavy atom. The van der Waals surface area contributed by atoms with Crippen molar-refractivity contribution >= 4 is 57.3 Å². The van der Waals surface area contributed by atoms with Crippen LogP contribution >= 0.6 is 45.3 Å². The minimum absolute atomic E-state index is 0. The van der Waals surface area contributed by atoms with E-state index in [0.717, 1.165) is 87.0 Å². The summed E-state index contributed by atoms with van der Waals surface area (Å²) in [5.74, 6) is -0.361. The zero-order chi connectivity index (χ0) is 42.1. The SMILES string of the molecule is COCCOCC[N+]12CCC(CC1)[C@@H](OC(=O)C(O)(c1cccs1)c1cccs1)C2.COCCOCC[N+]12CCC(CC1)[C@@H](OC(=O)C(O)(c1cccs1)c1cccs1)C2.[Br-].[Cl-]. The highest BCUT2D eigenvalue weighted by molar-refractivity contribution is 7.12. The second kappa shape index (κ2) is 23.6. The predicted molar refractivity (Wildman–Crippen MR) is 233 cm³/mol. The average Bonchev–Trinajstić information content (AvgIpc) is 4.13. The molecule has 0 amide bonds. The number of thiophene rings is 4. The lowest BCUT2D eigenvalue weighted by atomic mass is 9.83. The van der Waals surface area contributed by atoms with E-state index in [4.69, 9.17) is 28.4 Å². The number of fused-ring (bicyclic) bond motifs is 6. The maximum Gasteiger partial charge on any atom is 0.349 e. The molecule has 6 saturated heterocycles. The van der Waals surface area contributed by atoms with Gasteiger partial charge in [0.05, 0.1) is 85.3 Å². The molecule has 0 saturated carbocycles. The van der Waals surface area contributed by atoms with Gasteiger partial charge in [0.1, 0.15) is 26.2 Å². The van der Waals surface area contributed by atoms with Crippen LogP contribution in [0.15, 0.2) is 70.1 Å². The number of hydrogen-bond acceptors (Lipinski definition) is 14. The molecule has 4 aromatic heterocycles. The van der Waals surface area contributed by atoms with E-state index in [2.05, 4.69) is 0 Å². The second-order valence-corrected chi connectivity index (χ2v) is 20.3. The Bertz CT molecular complexity index is 1680. The Morgan fingerprint density at radius 3 is 1.18 bits per heavy atom. The van der Waals surface area contributed by atoms with Gasteiger partial charge in [0.2, 0.25) is 11.2 Å². The van der Waals surface area contributed by atoms with Gasteiger partial charge in [0, 0.05) is 51.7 Å². The number of piperidine rings is 6. The molecule has 4 aromatic rings. The molecule has 6 aliphatic rings. The normalized spacial score (nSPS) is 25.2. The summed E-state index contributed by atoms with van der Waals surface area (Å²) in [7, 11) is 3.35. The molecule has 0 unspecified atom stereocenters. The smallest absolute Gasteiger partial charge is 0.349 e. The van der Waals surface area contributed by atoms with Gasteiger partial charge in [-0.1, -0.05) is 24.3 Å². The van der Waals surface area contributed by atoms with Gasteiger partial charge in [-0.05, 0) is 45.8 Å². The molecule has 12 nitrogen and oxygen atoms in total. The Hall–Kier alpha value is -1.81. The molecule has 18 heteroatoms. The maximum absolute atomic E-state index is 13.3. The van der Waals surface area contributed by atoms with Crippen LogP contribution < -0.4 is 29.4 Å². The number of esters is 2. The monoisotopic (exact) mass is 1020 g/mol. The van der Waals surface area contributed by atoms with Crippen LogP contribution in [0.3, 0.4) is 0 Å². The number of methoxy groups -OCH3 is 2. The molecular formula is C44H60BrClN2O10S4. The third-order valence-electron chi connectivity index (χ3n) is 13.0. The highest BCUT2D eigenvalue weighted by Crippen LogP contribution is 2.42. The molecule has 6 aliphatic heterocycles. The number of carbonyl (C=O) groups is 2. The van der Waals surface area contributed by atoms with E-state index < -0.39 is 23.1 Å². The van der Waals surface area contributed by atoms with E-state index in [1.165, 1.54) is 45.3 Å². The molecule has 0 radical (unpaired) electrons. The lowest BCUT2D eigenvalue weighted by Gasteiger charge is -2.52. The van der Waals surface area contributed by atoms with Crippen molar-refractivity contribution in [3.8, 4) is 0 Å². The van der Waals surface area contributed by atoms with E-state index in [1.807, 2.05) is 45.8 Å². The van der Waals surface area contributed by atoms with Crippen molar-refractivity contribution in [2.24, 2.45) is 11.8 Å². The molecule has 62 heavy (non-hydrogen) atoms. The van der Waals surface area contributed by atoms with Crippen molar-refractivity contribution in [1.82, 2.24) is 0 Å². The summed E-state index contributed by atoms with van der Waals surface area (Å²) in [4.78, 5) is 29.1. The first-order valence-corrected chi connectivity index (χ1v) is 24.5. The van der Waals surface area contributed by atoms with Gasteiger partial charge >= 0.3 is 11.9 Å². The van der Waals surface area contributed by atoms with Crippen molar-refractivity contribution in [3.63, 3.8) is 0 Å². The second-order valence-electron chi connectivity index (χ2n) is 16.5. The van der Waals surface area contributed by atoms with Crippen LogP contribution in [0, 0.1) is 11.8 Å². The number of nitrogens with zero attached hydrogens (tertiary/aromatic N) is 2. The fraction of sp³-hybridized carbons (Fsp3) is 0.591. The van der Waals surface area contributed by atoms with Gasteiger partial charge in [-0.3, -0.25) is 0 Å². The van der Waals surface area contributed by atoms with Crippen LogP contribution in [0.2, 0.25) is 0 Å². The van der Waals surface area contributed by atoms with E-state index in [0.29, 0.717) is 71.0 Å². The predicted octanol–water partition coefficient (Wildman–Crippen LogP) is -0.271. The van der Waals surface area contributed by atoms with Gasteiger partial charge in [-0.15, -0.1) is 45.3 Å². The summed E-state index contributed by atoms with van der Waals surface area (Å²) in [5, 5.41) is 30.5. The van der Waals surface area contributed by atoms with Gasteiger partial charge in [-0.25, -0.2) is 9.59 Å². The van der Waals surface area contributed by atoms with Crippen molar-refractivity contribution in [3.05, 3.63) is 89.6 Å². The van der Waals surface area contributed by atoms with Crippen molar-refractivity contribution in [1.29, 1.82) is 0 Å². The Morgan fingerprint density at radius 2 is 0.903 bits per heavy atom. The van der Waals surface area contributed by atoms with E-state index in [1.54, 1.807) is 38.5 Å². The highest BCUT2D eigenvalue weighted by Gasteiger charge is 2.53. The summed E-state index contributed by atoms with van der Waals surface area (Å²) < 4.78 is 35.5. The minimum atomic E-state index is -1.73. The first-order chi connectivity index (χ1) is 29.1. The van der Waals surface area contributed by atoms with Gasteiger partial charge in [0.25, 0.3) is 0 Å². The van der Waals surface area contributed by atoms with Gasteiger partial charge in [-0.2, -0.15) is 0 Å². The van der Waals surface area contributed by atoms with Crippen LogP contribution in [0.25, 0.3) is 0 Å². The molecule has 0 aliphatic carbocycles. The van der Waals surface area contributed by atoms with Crippen LogP contribution in [0.1, 0.15) is 45.2 Å². The number of quaternary nitrogens is 2. The molecule has 0 spiro atoms. The van der Waals surface area contributed by atoms with Crippen LogP contribution in [-0.2, 0) is 49.2 Å². The van der Waals surface area contributed by atoms with E-state index in [9.17, 15) is 19.8 Å². The maximum atomic E-state index is 13.3. The van der Waals surface area contributed by atoms with Crippen LogP contribution in [-0.4, -0.2) is 150 Å². The summed E-state index contributed by atoms with van der Waals surface area (Å²) in [5.41, 5.74) is -3.47. The summed E-state index contributed by atoms with van der Waals surface area (Å²) in [6.45, 7) is 11.6. The third kappa shape index (κ3) is 11.6. The minimum Gasteiger partial charge on any atom is -1.00 e. The zero-order valence-corrected chi connectivity index (χ0v) is 41.0. The first kappa shape index (κ1) is 51.2. The Balaban J connectivity index is 0.000000227. The quantitative estimate of drug-likeness (QED) is 0.0695. The number of rotatable bonds is 20. The highest BCUT2D eigenvalue weighted by atomic mass is 79.9. The molecule has 2 atom stereocenters. The summed E-state index contributed by atoms with van der Waals surface area (Å²) >= 11 is 5.50.